The first-order valence-electron chi connectivity index (χ1n) is 5.40. The maximum absolute atomic E-state index is 12.2. The van der Waals surface area contributed by atoms with Crippen molar-refractivity contribution >= 4 is 11.8 Å². The number of amides is 2. The third-order valence-corrected chi connectivity index (χ3v) is 2.95. The first kappa shape index (κ1) is 10.6. The minimum absolute atomic E-state index is 0.310. The summed E-state index contributed by atoms with van der Waals surface area (Å²) in [5.74, 6) is -0.342. The van der Waals surface area contributed by atoms with Crippen LogP contribution in [0.15, 0.2) is 24.3 Å². The molecule has 0 saturated carbocycles. The first-order valence-corrected chi connectivity index (χ1v) is 5.40. The smallest absolute Gasteiger partial charge is 0.262 e. The number of carbonyl (C=O) groups is 2. The van der Waals surface area contributed by atoms with Crippen molar-refractivity contribution < 1.29 is 9.59 Å². The summed E-state index contributed by atoms with van der Waals surface area (Å²) in [4.78, 5) is 25.5. The normalized spacial score (nSPS) is 15.9. The van der Waals surface area contributed by atoms with Gasteiger partial charge in [0.05, 0.1) is 11.1 Å². The highest BCUT2D eigenvalue weighted by Crippen LogP contribution is 2.29. The second-order valence-electron chi connectivity index (χ2n) is 3.97. The number of carbonyl (C=O) groups excluding carboxylic acids is 2. The van der Waals surface area contributed by atoms with Crippen molar-refractivity contribution in [3.63, 3.8) is 0 Å². The molecule has 1 aliphatic rings. The molecule has 3 rings (SSSR count). The van der Waals surface area contributed by atoms with Crippen LogP contribution in [0.2, 0.25) is 0 Å². The summed E-state index contributed by atoms with van der Waals surface area (Å²) in [6.07, 6.45) is 0. The van der Waals surface area contributed by atoms with Crippen molar-refractivity contribution in [1.82, 2.24) is 25.5 Å². The summed E-state index contributed by atoms with van der Waals surface area (Å²) >= 11 is 0. The second kappa shape index (κ2) is 3.73. The van der Waals surface area contributed by atoms with Gasteiger partial charge in [-0.1, -0.05) is 17.3 Å². The van der Waals surface area contributed by atoms with Crippen molar-refractivity contribution in [3.8, 4) is 0 Å². The predicted molar refractivity (Wildman–Crippen MR) is 59.5 cm³/mol. The van der Waals surface area contributed by atoms with E-state index < -0.39 is 6.04 Å². The van der Waals surface area contributed by atoms with Gasteiger partial charge in [-0.2, -0.15) is 5.21 Å². The number of H-pyrrole nitrogens is 1. The van der Waals surface area contributed by atoms with Crippen molar-refractivity contribution in [1.29, 1.82) is 0 Å². The lowest BCUT2D eigenvalue weighted by Gasteiger charge is -2.18. The molecule has 7 heteroatoms. The van der Waals surface area contributed by atoms with Gasteiger partial charge in [0, 0.05) is 0 Å². The van der Waals surface area contributed by atoms with Crippen LogP contribution in [0.3, 0.4) is 0 Å². The van der Waals surface area contributed by atoms with Gasteiger partial charge < -0.3 is 0 Å². The second-order valence-corrected chi connectivity index (χ2v) is 3.97. The summed E-state index contributed by atoms with van der Waals surface area (Å²) in [5, 5.41) is 13.3. The molecule has 1 aromatic heterocycles. The molecule has 1 aliphatic heterocycles. The van der Waals surface area contributed by atoms with Crippen LogP contribution in [0.1, 0.15) is 39.5 Å². The van der Waals surface area contributed by atoms with Crippen LogP contribution in [0.25, 0.3) is 0 Å². The molecule has 1 aromatic carbocycles. The van der Waals surface area contributed by atoms with E-state index in [1.54, 1.807) is 31.2 Å². The maximum Gasteiger partial charge on any atom is 0.262 e. The lowest BCUT2D eigenvalue weighted by Crippen LogP contribution is -2.33. The van der Waals surface area contributed by atoms with Gasteiger partial charge in [-0.15, -0.1) is 10.2 Å². The molecular weight excluding hydrogens is 234 g/mol. The summed E-state index contributed by atoms with van der Waals surface area (Å²) < 4.78 is 0. The van der Waals surface area contributed by atoms with Crippen LogP contribution in [-0.2, 0) is 0 Å². The highest BCUT2D eigenvalue weighted by molar-refractivity contribution is 6.21. The predicted octanol–water partition coefficient (Wildman–Crippen LogP) is 0.557. The average Bonchev–Trinajstić information content (AvgIpc) is 2.99. The average molecular weight is 243 g/mol. The number of hydrogen-bond acceptors (Lipinski definition) is 5. The van der Waals surface area contributed by atoms with E-state index in [1.807, 2.05) is 0 Å². The van der Waals surface area contributed by atoms with Crippen LogP contribution in [0.4, 0.5) is 0 Å². The summed E-state index contributed by atoms with van der Waals surface area (Å²) in [5.41, 5.74) is 0.829. The molecule has 2 amide bonds. The van der Waals surface area contributed by atoms with Crippen LogP contribution >= 0.6 is 0 Å². The summed E-state index contributed by atoms with van der Waals surface area (Å²) in [6.45, 7) is 1.69. The van der Waals surface area contributed by atoms with Crippen molar-refractivity contribution in [2.75, 3.05) is 0 Å². The molecule has 90 valence electrons. The fourth-order valence-corrected chi connectivity index (χ4v) is 2.02. The van der Waals surface area contributed by atoms with Gasteiger partial charge in [-0.25, -0.2) is 0 Å². The topological polar surface area (TPSA) is 91.8 Å². The molecule has 1 atom stereocenters. The Bertz CT molecular complexity index is 587. The molecular formula is C11H9N5O2. The number of nitrogens with zero attached hydrogens (tertiary/aromatic N) is 4. The third-order valence-electron chi connectivity index (χ3n) is 2.95. The van der Waals surface area contributed by atoms with Gasteiger partial charge in [0.15, 0.2) is 5.82 Å². The van der Waals surface area contributed by atoms with E-state index in [0.29, 0.717) is 17.0 Å². The number of fused-ring (bicyclic) bond motifs is 1. The Morgan fingerprint density at radius 3 is 2.28 bits per heavy atom. The van der Waals surface area contributed by atoms with E-state index in [1.165, 1.54) is 0 Å². The fourth-order valence-electron chi connectivity index (χ4n) is 2.02. The van der Waals surface area contributed by atoms with E-state index in [-0.39, 0.29) is 11.8 Å². The molecule has 1 unspecified atom stereocenters. The van der Waals surface area contributed by atoms with E-state index in [4.69, 9.17) is 0 Å². The summed E-state index contributed by atoms with van der Waals surface area (Å²) in [6, 6.07) is 6.19. The Hall–Kier alpha value is -2.57. The van der Waals surface area contributed by atoms with E-state index in [9.17, 15) is 9.59 Å². The lowest BCUT2D eigenvalue weighted by molar-refractivity contribution is 0.0589. The van der Waals surface area contributed by atoms with Crippen molar-refractivity contribution in [2.24, 2.45) is 0 Å². The van der Waals surface area contributed by atoms with Gasteiger partial charge >= 0.3 is 0 Å². The first-order chi connectivity index (χ1) is 8.70. The molecule has 2 aromatic rings. The molecule has 2 heterocycles. The Kier molecular flexibility index (Phi) is 2.19. The SMILES string of the molecule is CC(c1nn[nH]n1)N1C(=O)c2ccccc2C1=O. The molecule has 0 saturated heterocycles. The van der Waals surface area contributed by atoms with Gasteiger partial charge in [0.25, 0.3) is 11.8 Å². The quantitative estimate of drug-likeness (QED) is 0.778. The third kappa shape index (κ3) is 1.33. The molecule has 0 aliphatic carbocycles. The van der Waals surface area contributed by atoms with Gasteiger partial charge in [0.2, 0.25) is 0 Å². The molecule has 0 radical (unpaired) electrons. The van der Waals surface area contributed by atoms with E-state index >= 15 is 0 Å². The zero-order chi connectivity index (χ0) is 12.7. The number of imide groups is 1. The highest BCUT2D eigenvalue weighted by atomic mass is 16.2. The number of hydrogen-bond donors (Lipinski definition) is 1. The van der Waals surface area contributed by atoms with Crippen molar-refractivity contribution in [2.45, 2.75) is 13.0 Å². The lowest BCUT2D eigenvalue weighted by atomic mass is 10.1. The van der Waals surface area contributed by atoms with Crippen LogP contribution in [0.5, 0.6) is 0 Å². The molecule has 1 N–H and O–H groups in total. The van der Waals surface area contributed by atoms with Crippen LogP contribution in [-0.4, -0.2) is 37.3 Å². The van der Waals surface area contributed by atoms with Crippen LogP contribution in [0, 0.1) is 0 Å². The Morgan fingerprint density at radius 2 is 1.78 bits per heavy atom. The number of rotatable bonds is 2. The standard InChI is InChI=1S/C11H9N5O2/c1-6(9-12-14-15-13-9)16-10(17)7-4-2-3-5-8(7)11(16)18/h2-6H,1H3,(H,12,13,14,15). The number of tetrazole rings is 1. The van der Waals surface area contributed by atoms with Gasteiger partial charge in [0.1, 0.15) is 6.04 Å². The zero-order valence-electron chi connectivity index (χ0n) is 9.49. The molecule has 0 spiro atoms. The largest absolute Gasteiger partial charge is 0.269 e. The number of aromatic nitrogens is 4. The van der Waals surface area contributed by atoms with Crippen molar-refractivity contribution in [3.05, 3.63) is 41.2 Å². The highest BCUT2D eigenvalue weighted by Gasteiger charge is 2.39. The molecule has 0 bridgehead atoms. The minimum atomic E-state index is -0.545. The maximum atomic E-state index is 12.2. The molecule has 18 heavy (non-hydrogen) atoms. The fraction of sp³-hybridized carbons (Fsp3) is 0.182. The minimum Gasteiger partial charge on any atom is -0.269 e. The van der Waals surface area contributed by atoms with E-state index in [0.717, 1.165) is 4.90 Å². The number of benzene rings is 1. The monoisotopic (exact) mass is 243 g/mol. The molecule has 0 fully saturated rings. The molecule has 7 nitrogen and oxygen atoms in total. The Balaban J connectivity index is 2.02. The van der Waals surface area contributed by atoms with Gasteiger partial charge in [-0.05, 0) is 19.1 Å². The van der Waals surface area contributed by atoms with Gasteiger partial charge in [-0.3, -0.25) is 14.5 Å². The zero-order valence-corrected chi connectivity index (χ0v) is 9.49. The number of aromatic amines is 1. The summed E-state index contributed by atoms with van der Waals surface area (Å²) in [7, 11) is 0. The number of nitrogens with one attached hydrogen (secondary N) is 1. The van der Waals surface area contributed by atoms with Crippen LogP contribution < -0.4 is 0 Å². The Morgan fingerprint density at radius 1 is 1.17 bits per heavy atom. The Labute approximate surface area is 102 Å². The van der Waals surface area contributed by atoms with E-state index in [2.05, 4.69) is 20.6 Å².